The highest BCUT2D eigenvalue weighted by Crippen LogP contribution is 2.37. The molecule has 1 aliphatic heterocycles. The van der Waals surface area contributed by atoms with Crippen LogP contribution in [-0.4, -0.2) is 42.4 Å². The second-order valence-electron chi connectivity index (χ2n) is 7.62. The number of hydrogen-bond acceptors (Lipinski definition) is 4. The Balaban J connectivity index is 1.75. The minimum Gasteiger partial charge on any atom is -0.463 e. The van der Waals surface area contributed by atoms with Gasteiger partial charge in [0.25, 0.3) is 0 Å². The number of likely N-dealkylation sites (tertiary alicyclic amines) is 1. The summed E-state index contributed by atoms with van der Waals surface area (Å²) >= 11 is 0. The molecule has 6 heteroatoms. The molecule has 31 heavy (non-hydrogen) atoms. The summed E-state index contributed by atoms with van der Waals surface area (Å²) < 4.78 is 4.88. The first-order valence-corrected chi connectivity index (χ1v) is 10.5. The molecule has 1 saturated heterocycles. The molecule has 0 spiro atoms. The van der Waals surface area contributed by atoms with Gasteiger partial charge in [-0.2, -0.15) is 0 Å². The zero-order chi connectivity index (χ0) is 22.3. The SMILES string of the molecule is CCOC(=O)/C=C/c1ccc(NC(=O)C2(c3ccccc3)CCN(C(C)=O)CC2)cc1. The Morgan fingerprint density at radius 3 is 2.26 bits per heavy atom. The van der Waals surface area contributed by atoms with Crippen molar-refractivity contribution < 1.29 is 19.1 Å². The standard InChI is InChI=1S/C25H28N2O4/c1-3-31-23(29)14-11-20-9-12-22(13-10-20)26-24(30)25(21-7-5-4-6-8-21)15-17-27(18-16-25)19(2)28/h4-14H,3,15-18H2,1-2H3,(H,26,30)/b14-11+. The molecule has 1 aliphatic rings. The summed E-state index contributed by atoms with van der Waals surface area (Å²) in [5.74, 6) is -0.424. The van der Waals surface area contributed by atoms with E-state index in [1.54, 1.807) is 24.8 Å². The first-order chi connectivity index (χ1) is 14.9. The fourth-order valence-electron chi connectivity index (χ4n) is 3.89. The Morgan fingerprint density at radius 2 is 1.68 bits per heavy atom. The lowest BCUT2D eigenvalue weighted by molar-refractivity contribution is -0.137. The third-order valence-corrected chi connectivity index (χ3v) is 5.69. The van der Waals surface area contributed by atoms with E-state index in [1.165, 1.54) is 6.08 Å². The zero-order valence-corrected chi connectivity index (χ0v) is 18.0. The molecule has 2 amide bonds. The number of carbonyl (C=O) groups excluding carboxylic acids is 3. The number of amides is 2. The van der Waals surface area contributed by atoms with E-state index in [0.717, 1.165) is 11.1 Å². The van der Waals surface area contributed by atoms with E-state index in [0.29, 0.717) is 38.2 Å². The fourth-order valence-corrected chi connectivity index (χ4v) is 3.89. The first-order valence-electron chi connectivity index (χ1n) is 10.5. The number of ether oxygens (including phenoxy) is 1. The van der Waals surface area contributed by atoms with Crippen LogP contribution in [0, 0.1) is 0 Å². The van der Waals surface area contributed by atoms with Crippen molar-refractivity contribution in [1.82, 2.24) is 4.90 Å². The Kier molecular flexibility index (Phi) is 7.23. The van der Waals surface area contributed by atoms with Gasteiger partial charge in [-0.25, -0.2) is 4.79 Å². The molecule has 1 N–H and O–H groups in total. The molecule has 1 heterocycles. The number of nitrogens with zero attached hydrogens (tertiary/aromatic N) is 1. The third-order valence-electron chi connectivity index (χ3n) is 5.69. The molecule has 0 unspecified atom stereocenters. The number of hydrogen-bond donors (Lipinski definition) is 1. The van der Waals surface area contributed by atoms with Crippen LogP contribution in [0.3, 0.4) is 0 Å². The topological polar surface area (TPSA) is 75.7 Å². The van der Waals surface area contributed by atoms with Gasteiger partial charge >= 0.3 is 5.97 Å². The normalized spacial score (nSPS) is 15.5. The van der Waals surface area contributed by atoms with Gasteiger partial charge < -0.3 is 15.0 Å². The van der Waals surface area contributed by atoms with Crippen molar-refractivity contribution in [3.05, 3.63) is 71.8 Å². The first kappa shape index (κ1) is 22.3. The van der Waals surface area contributed by atoms with E-state index < -0.39 is 5.41 Å². The highest BCUT2D eigenvalue weighted by molar-refractivity contribution is 5.99. The Hall–Kier alpha value is -3.41. The molecular formula is C25H28N2O4. The van der Waals surface area contributed by atoms with Gasteiger partial charge in [0, 0.05) is 31.8 Å². The summed E-state index contributed by atoms with van der Waals surface area (Å²) in [4.78, 5) is 38.4. The Morgan fingerprint density at radius 1 is 1.03 bits per heavy atom. The summed E-state index contributed by atoms with van der Waals surface area (Å²) in [6.07, 6.45) is 4.20. The summed E-state index contributed by atoms with van der Waals surface area (Å²) in [5, 5.41) is 3.05. The van der Waals surface area contributed by atoms with Crippen molar-refractivity contribution >= 4 is 29.5 Å². The molecule has 6 nitrogen and oxygen atoms in total. The average Bonchev–Trinajstić information content (AvgIpc) is 2.79. The van der Waals surface area contributed by atoms with Crippen molar-refractivity contribution in [2.24, 2.45) is 0 Å². The number of nitrogens with one attached hydrogen (secondary N) is 1. The van der Waals surface area contributed by atoms with Crippen LogP contribution >= 0.6 is 0 Å². The third kappa shape index (κ3) is 5.40. The van der Waals surface area contributed by atoms with Gasteiger partial charge in [-0.1, -0.05) is 42.5 Å². The van der Waals surface area contributed by atoms with Gasteiger partial charge in [0.05, 0.1) is 12.0 Å². The van der Waals surface area contributed by atoms with E-state index in [9.17, 15) is 14.4 Å². The van der Waals surface area contributed by atoms with Crippen LogP contribution in [0.4, 0.5) is 5.69 Å². The molecule has 0 aromatic heterocycles. The van der Waals surface area contributed by atoms with E-state index >= 15 is 0 Å². The number of piperidine rings is 1. The lowest BCUT2D eigenvalue weighted by Gasteiger charge is -2.40. The number of esters is 1. The van der Waals surface area contributed by atoms with Gasteiger partial charge in [0.15, 0.2) is 0 Å². The van der Waals surface area contributed by atoms with Crippen LogP contribution in [0.2, 0.25) is 0 Å². The largest absolute Gasteiger partial charge is 0.463 e. The van der Waals surface area contributed by atoms with E-state index in [4.69, 9.17) is 4.74 Å². The molecule has 162 valence electrons. The van der Waals surface area contributed by atoms with Crippen LogP contribution in [0.5, 0.6) is 0 Å². The molecule has 0 saturated carbocycles. The van der Waals surface area contributed by atoms with E-state index in [-0.39, 0.29) is 17.8 Å². The summed E-state index contributed by atoms with van der Waals surface area (Å²) in [7, 11) is 0. The molecule has 1 fully saturated rings. The van der Waals surface area contributed by atoms with Crippen LogP contribution in [0.1, 0.15) is 37.8 Å². The average molecular weight is 421 g/mol. The molecule has 0 atom stereocenters. The molecule has 3 rings (SSSR count). The van der Waals surface area contributed by atoms with E-state index in [1.807, 2.05) is 54.6 Å². The Labute approximate surface area is 182 Å². The smallest absolute Gasteiger partial charge is 0.330 e. The van der Waals surface area contributed by atoms with Crippen LogP contribution in [-0.2, 0) is 24.5 Å². The lowest BCUT2D eigenvalue weighted by atomic mass is 9.72. The minimum atomic E-state index is -0.685. The molecule has 2 aromatic rings. The van der Waals surface area contributed by atoms with Crippen molar-refractivity contribution in [2.75, 3.05) is 25.0 Å². The second kappa shape index (κ2) is 10.1. The van der Waals surface area contributed by atoms with Crippen LogP contribution < -0.4 is 5.32 Å². The van der Waals surface area contributed by atoms with Crippen LogP contribution in [0.15, 0.2) is 60.7 Å². The van der Waals surface area contributed by atoms with Gasteiger partial charge in [-0.05, 0) is 49.1 Å². The molecule has 2 aromatic carbocycles. The number of benzene rings is 2. The summed E-state index contributed by atoms with van der Waals surface area (Å²) in [6, 6.07) is 17.1. The number of carbonyl (C=O) groups is 3. The van der Waals surface area contributed by atoms with Gasteiger partial charge in [0.2, 0.25) is 11.8 Å². The highest BCUT2D eigenvalue weighted by Gasteiger charge is 2.43. The quantitative estimate of drug-likeness (QED) is 0.570. The predicted octanol–water partition coefficient (Wildman–Crippen LogP) is 3.78. The maximum Gasteiger partial charge on any atom is 0.330 e. The highest BCUT2D eigenvalue weighted by atomic mass is 16.5. The zero-order valence-electron chi connectivity index (χ0n) is 18.0. The number of rotatable bonds is 6. The Bertz CT molecular complexity index is 943. The van der Waals surface area contributed by atoms with Crippen LogP contribution in [0.25, 0.3) is 6.08 Å². The molecular weight excluding hydrogens is 392 g/mol. The van der Waals surface area contributed by atoms with Crippen molar-refractivity contribution in [3.63, 3.8) is 0 Å². The van der Waals surface area contributed by atoms with Gasteiger partial charge in [-0.3, -0.25) is 9.59 Å². The van der Waals surface area contributed by atoms with E-state index in [2.05, 4.69) is 5.32 Å². The maximum atomic E-state index is 13.4. The molecule has 0 radical (unpaired) electrons. The summed E-state index contributed by atoms with van der Waals surface area (Å²) in [5.41, 5.74) is 1.79. The second-order valence-corrected chi connectivity index (χ2v) is 7.62. The van der Waals surface area contributed by atoms with Crippen molar-refractivity contribution in [1.29, 1.82) is 0 Å². The molecule has 0 aliphatic carbocycles. The molecule has 0 bridgehead atoms. The van der Waals surface area contributed by atoms with Crippen molar-refractivity contribution in [3.8, 4) is 0 Å². The number of anilines is 1. The van der Waals surface area contributed by atoms with Crippen molar-refractivity contribution in [2.45, 2.75) is 32.1 Å². The fraction of sp³-hybridized carbons (Fsp3) is 0.320. The minimum absolute atomic E-state index is 0.0357. The maximum absolute atomic E-state index is 13.4. The lowest BCUT2D eigenvalue weighted by Crippen LogP contribution is -2.50. The summed E-state index contributed by atoms with van der Waals surface area (Å²) in [6.45, 7) is 4.76. The monoisotopic (exact) mass is 420 g/mol. The van der Waals surface area contributed by atoms with Gasteiger partial charge in [0.1, 0.15) is 0 Å². The van der Waals surface area contributed by atoms with Gasteiger partial charge in [-0.15, -0.1) is 0 Å². The predicted molar refractivity (Wildman–Crippen MR) is 120 cm³/mol.